The highest BCUT2D eigenvalue weighted by molar-refractivity contribution is 5.40. The number of hydrogen-bond donors (Lipinski definition) is 0. The molecule has 1 aliphatic rings. The van der Waals surface area contributed by atoms with Gasteiger partial charge >= 0.3 is 0 Å². The molecule has 0 N–H and O–H groups in total. The van der Waals surface area contributed by atoms with Crippen LogP contribution in [0.25, 0.3) is 0 Å². The third-order valence-electron chi connectivity index (χ3n) is 4.22. The summed E-state index contributed by atoms with van der Waals surface area (Å²) >= 11 is 0. The van der Waals surface area contributed by atoms with Gasteiger partial charge < -0.3 is 9.64 Å². The molecule has 0 atom stereocenters. The number of nitrogens with zero attached hydrogens (tertiary/aromatic N) is 3. The van der Waals surface area contributed by atoms with Gasteiger partial charge in [0.05, 0.1) is 0 Å². The molecule has 1 fully saturated rings. The standard InChI is InChI=1S/C18H23N3O/c1-13-6-8-16(9-7-13)12-22-17-14(2)15(3)19-18(20-17)21-10-4-5-11-21/h6-9H,4-5,10-12H2,1-3H3. The molecule has 1 aliphatic heterocycles. The van der Waals surface area contributed by atoms with E-state index in [1.54, 1.807) is 0 Å². The fraction of sp³-hybridized carbons (Fsp3) is 0.444. The van der Waals surface area contributed by atoms with Crippen LogP contribution >= 0.6 is 0 Å². The molecular weight excluding hydrogens is 274 g/mol. The summed E-state index contributed by atoms with van der Waals surface area (Å²) in [4.78, 5) is 11.5. The first kappa shape index (κ1) is 14.8. The van der Waals surface area contributed by atoms with Gasteiger partial charge in [-0.3, -0.25) is 0 Å². The van der Waals surface area contributed by atoms with Crippen LogP contribution in [0.2, 0.25) is 0 Å². The van der Waals surface area contributed by atoms with Crippen LogP contribution < -0.4 is 9.64 Å². The summed E-state index contributed by atoms with van der Waals surface area (Å²) in [6.45, 7) is 8.75. The fourth-order valence-electron chi connectivity index (χ4n) is 2.62. The average Bonchev–Trinajstić information content (AvgIpc) is 3.04. The average molecular weight is 297 g/mol. The SMILES string of the molecule is Cc1ccc(COc2nc(N3CCCC3)nc(C)c2C)cc1. The lowest BCUT2D eigenvalue weighted by Crippen LogP contribution is -2.21. The summed E-state index contributed by atoms with van der Waals surface area (Å²) in [6, 6.07) is 8.40. The van der Waals surface area contributed by atoms with Crippen molar-refractivity contribution in [1.82, 2.24) is 9.97 Å². The van der Waals surface area contributed by atoms with Crippen molar-refractivity contribution in [1.29, 1.82) is 0 Å². The van der Waals surface area contributed by atoms with Crippen molar-refractivity contribution in [3.63, 3.8) is 0 Å². The first-order valence-electron chi connectivity index (χ1n) is 7.92. The number of rotatable bonds is 4. The summed E-state index contributed by atoms with van der Waals surface area (Å²) in [7, 11) is 0. The molecular formula is C18H23N3O. The van der Waals surface area contributed by atoms with Gasteiger partial charge in [0.2, 0.25) is 11.8 Å². The maximum atomic E-state index is 5.97. The van der Waals surface area contributed by atoms with Crippen LogP contribution in [0.1, 0.15) is 35.2 Å². The highest BCUT2D eigenvalue weighted by atomic mass is 16.5. The van der Waals surface area contributed by atoms with Gasteiger partial charge in [-0.15, -0.1) is 0 Å². The van der Waals surface area contributed by atoms with Crippen molar-refractivity contribution in [3.05, 3.63) is 46.6 Å². The van der Waals surface area contributed by atoms with Crippen molar-refractivity contribution in [2.75, 3.05) is 18.0 Å². The van der Waals surface area contributed by atoms with E-state index < -0.39 is 0 Å². The minimum atomic E-state index is 0.539. The molecule has 116 valence electrons. The van der Waals surface area contributed by atoms with Gasteiger partial charge in [0.15, 0.2) is 0 Å². The molecule has 2 aromatic rings. The van der Waals surface area contributed by atoms with Crippen LogP contribution in [0.3, 0.4) is 0 Å². The van der Waals surface area contributed by atoms with Gasteiger partial charge in [0.25, 0.3) is 0 Å². The van der Waals surface area contributed by atoms with E-state index >= 15 is 0 Å². The summed E-state index contributed by atoms with van der Waals surface area (Å²) in [5, 5.41) is 0. The Morgan fingerprint density at radius 3 is 2.36 bits per heavy atom. The lowest BCUT2D eigenvalue weighted by atomic mass is 10.2. The molecule has 1 aromatic heterocycles. The van der Waals surface area contributed by atoms with E-state index in [-0.39, 0.29) is 0 Å². The molecule has 0 saturated carbocycles. The van der Waals surface area contributed by atoms with Gasteiger partial charge in [0, 0.05) is 24.3 Å². The van der Waals surface area contributed by atoms with E-state index in [0.717, 1.165) is 35.9 Å². The number of aromatic nitrogens is 2. The molecule has 22 heavy (non-hydrogen) atoms. The summed E-state index contributed by atoms with van der Waals surface area (Å²) in [6.07, 6.45) is 2.44. The number of ether oxygens (including phenoxy) is 1. The summed E-state index contributed by atoms with van der Waals surface area (Å²) in [5.74, 6) is 1.51. The Balaban J connectivity index is 1.78. The zero-order valence-electron chi connectivity index (χ0n) is 13.6. The first-order chi connectivity index (χ1) is 10.6. The minimum Gasteiger partial charge on any atom is -0.472 e. The Labute approximate surface area is 132 Å². The molecule has 0 spiro atoms. The van der Waals surface area contributed by atoms with E-state index in [2.05, 4.69) is 46.1 Å². The molecule has 1 aromatic carbocycles. The first-order valence-corrected chi connectivity index (χ1v) is 7.92. The Hall–Kier alpha value is -2.10. The third-order valence-corrected chi connectivity index (χ3v) is 4.22. The van der Waals surface area contributed by atoms with Gasteiger partial charge in [-0.25, -0.2) is 4.98 Å². The molecule has 0 radical (unpaired) electrons. The number of hydrogen-bond acceptors (Lipinski definition) is 4. The predicted molar refractivity (Wildman–Crippen MR) is 88.5 cm³/mol. The van der Waals surface area contributed by atoms with Gasteiger partial charge in [-0.1, -0.05) is 29.8 Å². The zero-order valence-corrected chi connectivity index (χ0v) is 13.6. The lowest BCUT2D eigenvalue weighted by molar-refractivity contribution is 0.290. The number of aryl methyl sites for hydroxylation is 2. The van der Waals surface area contributed by atoms with Crippen LogP contribution in [0.4, 0.5) is 5.95 Å². The number of benzene rings is 1. The summed E-state index contributed by atoms with van der Waals surface area (Å²) in [5.41, 5.74) is 4.43. The van der Waals surface area contributed by atoms with Crippen LogP contribution in [0.5, 0.6) is 5.88 Å². The molecule has 4 nitrogen and oxygen atoms in total. The monoisotopic (exact) mass is 297 g/mol. The Morgan fingerprint density at radius 2 is 1.68 bits per heavy atom. The highest BCUT2D eigenvalue weighted by Crippen LogP contribution is 2.24. The molecule has 3 rings (SSSR count). The zero-order chi connectivity index (χ0) is 15.5. The Kier molecular flexibility index (Phi) is 4.27. The van der Waals surface area contributed by atoms with Gasteiger partial charge in [-0.2, -0.15) is 4.98 Å². The van der Waals surface area contributed by atoms with E-state index in [9.17, 15) is 0 Å². The molecule has 0 amide bonds. The van der Waals surface area contributed by atoms with E-state index in [1.165, 1.54) is 18.4 Å². The largest absolute Gasteiger partial charge is 0.472 e. The van der Waals surface area contributed by atoms with E-state index in [1.807, 2.05) is 13.8 Å². The highest BCUT2D eigenvalue weighted by Gasteiger charge is 2.18. The lowest BCUT2D eigenvalue weighted by Gasteiger charge is -2.18. The molecule has 2 heterocycles. The van der Waals surface area contributed by atoms with Crippen LogP contribution in [-0.4, -0.2) is 23.1 Å². The van der Waals surface area contributed by atoms with Gasteiger partial charge in [0.1, 0.15) is 6.61 Å². The number of anilines is 1. The fourth-order valence-corrected chi connectivity index (χ4v) is 2.62. The normalized spacial score (nSPS) is 14.4. The molecule has 1 saturated heterocycles. The summed E-state index contributed by atoms with van der Waals surface area (Å²) < 4.78 is 5.97. The van der Waals surface area contributed by atoms with Crippen molar-refractivity contribution in [3.8, 4) is 5.88 Å². The van der Waals surface area contributed by atoms with Crippen molar-refractivity contribution >= 4 is 5.95 Å². The van der Waals surface area contributed by atoms with Crippen LogP contribution in [0, 0.1) is 20.8 Å². The second kappa shape index (κ2) is 6.34. The molecule has 0 unspecified atom stereocenters. The predicted octanol–water partition coefficient (Wildman–Crippen LogP) is 3.58. The van der Waals surface area contributed by atoms with E-state index in [0.29, 0.717) is 12.5 Å². The molecule has 4 heteroatoms. The molecule has 0 bridgehead atoms. The van der Waals surface area contributed by atoms with Crippen molar-refractivity contribution in [2.24, 2.45) is 0 Å². The second-order valence-corrected chi connectivity index (χ2v) is 6.01. The quantitative estimate of drug-likeness (QED) is 0.864. The Bertz CT molecular complexity index is 646. The van der Waals surface area contributed by atoms with Gasteiger partial charge in [-0.05, 0) is 39.2 Å². The van der Waals surface area contributed by atoms with Crippen molar-refractivity contribution < 1.29 is 4.74 Å². The maximum absolute atomic E-state index is 5.97. The maximum Gasteiger partial charge on any atom is 0.228 e. The molecule has 0 aliphatic carbocycles. The minimum absolute atomic E-state index is 0.539. The smallest absolute Gasteiger partial charge is 0.228 e. The van der Waals surface area contributed by atoms with Crippen LogP contribution in [0.15, 0.2) is 24.3 Å². The second-order valence-electron chi connectivity index (χ2n) is 6.01. The third kappa shape index (κ3) is 3.21. The van der Waals surface area contributed by atoms with E-state index in [4.69, 9.17) is 4.74 Å². The van der Waals surface area contributed by atoms with Crippen LogP contribution in [-0.2, 0) is 6.61 Å². The Morgan fingerprint density at radius 1 is 1.00 bits per heavy atom. The van der Waals surface area contributed by atoms with Crippen molar-refractivity contribution in [2.45, 2.75) is 40.2 Å². The topological polar surface area (TPSA) is 38.2 Å².